The summed E-state index contributed by atoms with van der Waals surface area (Å²) in [5, 5.41) is 13.6. The second-order valence-electron chi connectivity index (χ2n) is 6.70. The molecule has 2 aliphatic rings. The number of amides is 2. The molecule has 1 heterocycles. The molecule has 0 aromatic heterocycles. The summed E-state index contributed by atoms with van der Waals surface area (Å²) in [6.45, 7) is 0.366. The van der Waals surface area contributed by atoms with Crippen LogP contribution >= 0.6 is 0 Å². The van der Waals surface area contributed by atoms with Crippen LogP contribution in [0.1, 0.15) is 31.8 Å². The van der Waals surface area contributed by atoms with Crippen molar-refractivity contribution in [3.8, 4) is 0 Å². The molecular formula is C20H20N2O3. The fourth-order valence-corrected chi connectivity index (χ4v) is 3.69. The molecular weight excluding hydrogens is 316 g/mol. The number of aliphatic hydroxyl groups is 1. The molecule has 5 heteroatoms. The van der Waals surface area contributed by atoms with Gasteiger partial charge in [0.05, 0.1) is 23.8 Å². The standard InChI is InChI=1S/C20H20N2O3/c23-16(11-21-15-9-13-5-1-2-6-14(13)10-15)12-22-19(24)17-7-3-4-8-18(17)20(22)25/h1-8,15-16,21,23H,9-12H2/t16-/m0/s1. The summed E-state index contributed by atoms with van der Waals surface area (Å²) in [7, 11) is 0. The number of nitrogens with one attached hydrogen (secondary N) is 1. The Hall–Kier alpha value is -2.50. The molecule has 0 radical (unpaired) electrons. The Morgan fingerprint density at radius 1 is 0.960 bits per heavy atom. The van der Waals surface area contributed by atoms with E-state index in [4.69, 9.17) is 0 Å². The van der Waals surface area contributed by atoms with Gasteiger partial charge < -0.3 is 10.4 Å². The van der Waals surface area contributed by atoms with E-state index in [0.717, 1.165) is 17.7 Å². The van der Waals surface area contributed by atoms with Gasteiger partial charge >= 0.3 is 0 Å². The molecule has 2 N–H and O–H groups in total. The normalized spacial score (nSPS) is 17.7. The molecule has 4 rings (SSSR count). The third-order valence-electron chi connectivity index (χ3n) is 4.96. The number of rotatable bonds is 5. The fourth-order valence-electron chi connectivity index (χ4n) is 3.69. The average Bonchev–Trinajstić information content (AvgIpc) is 3.15. The van der Waals surface area contributed by atoms with Crippen molar-refractivity contribution in [2.45, 2.75) is 25.0 Å². The number of carbonyl (C=O) groups is 2. The lowest BCUT2D eigenvalue weighted by molar-refractivity contribution is 0.0541. The molecule has 1 aliphatic carbocycles. The molecule has 0 bridgehead atoms. The van der Waals surface area contributed by atoms with E-state index >= 15 is 0 Å². The highest BCUT2D eigenvalue weighted by Crippen LogP contribution is 2.23. The van der Waals surface area contributed by atoms with Crippen LogP contribution in [-0.2, 0) is 12.8 Å². The lowest BCUT2D eigenvalue weighted by Gasteiger charge is -2.20. The Kier molecular flexibility index (Phi) is 4.11. The van der Waals surface area contributed by atoms with E-state index < -0.39 is 6.10 Å². The van der Waals surface area contributed by atoms with Crippen molar-refractivity contribution < 1.29 is 14.7 Å². The molecule has 1 atom stereocenters. The van der Waals surface area contributed by atoms with Gasteiger partial charge in [0, 0.05) is 12.6 Å². The molecule has 1 aliphatic heterocycles. The maximum atomic E-state index is 12.3. The van der Waals surface area contributed by atoms with E-state index in [1.54, 1.807) is 24.3 Å². The molecule has 2 amide bonds. The predicted molar refractivity (Wildman–Crippen MR) is 93.5 cm³/mol. The first kappa shape index (κ1) is 16.0. The van der Waals surface area contributed by atoms with Gasteiger partial charge in [-0.25, -0.2) is 0 Å². The van der Waals surface area contributed by atoms with Crippen molar-refractivity contribution >= 4 is 11.8 Å². The number of nitrogens with zero attached hydrogens (tertiary/aromatic N) is 1. The first-order valence-corrected chi connectivity index (χ1v) is 8.57. The number of carbonyl (C=O) groups excluding carboxylic acids is 2. The molecule has 0 unspecified atom stereocenters. The third kappa shape index (κ3) is 2.97. The van der Waals surface area contributed by atoms with Crippen LogP contribution in [0.3, 0.4) is 0 Å². The van der Waals surface area contributed by atoms with Crippen LogP contribution in [0.15, 0.2) is 48.5 Å². The fraction of sp³-hybridized carbons (Fsp3) is 0.300. The highest BCUT2D eigenvalue weighted by Gasteiger charge is 2.36. The molecule has 0 saturated carbocycles. The molecule has 2 aromatic carbocycles. The van der Waals surface area contributed by atoms with Gasteiger partial charge in [0.2, 0.25) is 0 Å². The zero-order chi connectivity index (χ0) is 17.4. The Bertz CT molecular complexity index is 773. The number of hydrogen-bond donors (Lipinski definition) is 2. The van der Waals surface area contributed by atoms with Gasteiger partial charge in [-0.3, -0.25) is 14.5 Å². The van der Waals surface area contributed by atoms with E-state index in [1.807, 2.05) is 12.1 Å². The number of hydrogen-bond acceptors (Lipinski definition) is 4. The second kappa shape index (κ2) is 6.43. The van der Waals surface area contributed by atoms with Crippen LogP contribution in [0.2, 0.25) is 0 Å². The number of imide groups is 1. The van der Waals surface area contributed by atoms with Crippen LogP contribution in [0.4, 0.5) is 0 Å². The minimum absolute atomic E-state index is 0.0129. The van der Waals surface area contributed by atoms with E-state index in [1.165, 1.54) is 11.1 Å². The number of β-amino-alcohol motifs (C(OH)–C–C–N with tert-alkyl or cyclic N) is 1. The van der Waals surface area contributed by atoms with Crippen molar-refractivity contribution in [1.29, 1.82) is 0 Å². The Morgan fingerprint density at radius 2 is 1.48 bits per heavy atom. The largest absolute Gasteiger partial charge is 0.390 e. The second-order valence-corrected chi connectivity index (χ2v) is 6.70. The summed E-state index contributed by atoms with van der Waals surface area (Å²) in [5.41, 5.74) is 3.52. The van der Waals surface area contributed by atoms with Crippen LogP contribution in [-0.4, -0.2) is 47.1 Å². The lowest BCUT2D eigenvalue weighted by atomic mass is 10.1. The van der Waals surface area contributed by atoms with Crippen molar-refractivity contribution in [3.63, 3.8) is 0 Å². The maximum Gasteiger partial charge on any atom is 0.261 e. The smallest absolute Gasteiger partial charge is 0.261 e. The first-order chi connectivity index (χ1) is 12.1. The van der Waals surface area contributed by atoms with Gasteiger partial charge in [-0.15, -0.1) is 0 Å². The zero-order valence-electron chi connectivity index (χ0n) is 13.8. The number of benzene rings is 2. The predicted octanol–water partition coefficient (Wildman–Crippen LogP) is 1.40. The monoisotopic (exact) mass is 336 g/mol. The number of aliphatic hydroxyl groups excluding tert-OH is 1. The summed E-state index contributed by atoms with van der Waals surface area (Å²) >= 11 is 0. The highest BCUT2D eigenvalue weighted by molar-refractivity contribution is 6.21. The van der Waals surface area contributed by atoms with Crippen LogP contribution in [0.25, 0.3) is 0 Å². The molecule has 2 aromatic rings. The average molecular weight is 336 g/mol. The number of fused-ring (bicyclic) bond motifs is 2. The Balaban J connectivity index is 1.33. The molecule has 25 heavy (non-hydrogen) atoms. The minimum atomic E-state index is -0.786. The van der Waals surface area contributed by atoms with E-state index in [0.29, 0.717) is 17.7 Å². The molecule has 0 spiro atoms. The van der Waals surface area contributed by atoms with Crippen molar-refractivity contribution in [2.75, 3.05) is 13.1 Å². The van der Waals surface area contributed by atoms with E-state index in [9.17, 15) is 14.7 Å². The van der Waals surface area contributed by atoms with Crippen molar-refractivity contribution in [3.05, 3.63) is 70.8 Å². The highest BCUT2D eigenvalue weighted by atomic mass is 16.3. The van der Waals surface area contributed by atoms with Crippen molar-refractivity contribution in [1.82, 2.24) is 10.2 Å². The van der Waals surface area contributed by atoms with Crippen LogP contribution < -0.4 is 5.32 Å². The Morgan fingerprint density at radius 3 is 2.04 bits per heavy atom. The van der Waals surface area contributed by atoms with Gasteiger partial charge in [0.15, 0.2) is 0 Å². The zero-order valence-corrected chi connectivity index (χ0v) is 13.8. The summed E-state index contributed by atoms with van der Waals surface area (Å²) in [5.74, 6) is -0.652. The van der Waals surface area contributed by atoms with Gasteiger partial charge in [0.25, 0.3) is 11.8 Å². The lowest BCUT2D eigenvalue weighted by Crippen LogP contribution is -2.43. The van der Waals surface area contributed by atoms with E-state index in [2.05, 4.69) is 17.4 Å². The third-order valence-corrected chi connectivity index (χ3v) is 4.96. The molecule has 5 nitrogen and oxygen atoms in total. The van der Waals surface area contributed by atoms with Gasteiger partial charge in [-0.1, -0.05) is 36.4 Å². The molecule has 0 fully saturated rings. The first-order valence-electron chi connectivity index (χ1n) is 8.57. The summed E-state index contributed by atoms with van der Waals surface area (Å²) < 4.78 is 0. The quantitative estimate of drug-likeness (QED) is 0.810. The van der Waals surface area contributed by atoms with Gasteiger partial charge in [0.1, 0.15) is 0 Å². The van der Waals surface area contributed by atoms with E-state index in [-0.39, 0.29) is 24.4 Å². The van der Waals surface area contributed by atoms with Crippen molar-refractivity contribution in [2.24, 2.45) is 0 Å². The molecule has 0 saturated heterocycles. The van der Waals surface area contributed by atoms with Gasteiger partial charge in [-0.05, 0) is 36.1 Å². The Labute approximate surface area is 146 Å². The summed E-state index contributed by atoms with van der Waals surface area (Å²) in [4.78, 5) is 25.8. The minimum Gasteiger partial charge on any atom is -0.390 e. The maximum absolute atomic E-state index is 12.3. The summed E-state index contributed by atoms with van der Waals surface area (Å²) in [6.07, 6.45) is 1.09. The topological polar surface area (TPSA) is 69.6 Å². The van der Waals surface area contributed by atoms with Crippen LogP contribution in [0.5, 0.6) is 0 Å². The molecule has 128 valence electrons. The summed E-state index contributed by atoms with van der Waals surface area (Å²) in [6, 6.07) is 15.4. The van der Waals surface area contributed by atoms with Crippen LogP contribution in [0, 0.1) is 0 Å². The SMILES string of the molecule is O=C1c2ccccc2C(=O)N1C[C@@H](O)CNC1Cc2ccccc2C1. The van der Waals surface area contributed by atoms with Gasteiger partial charge in [-0.2, -0.15) is 0 Å².